The Balaban J connectivity index is 5.07. The van der Waals surface area contributed by atoms with Crippen LogP contribution in [0.15, 0.2) is 34.2 Å². The molecule has 0 aliphatic carbocycles. The van der Waals surface area contributed by atoms with Gasteiger partial charge in [-0.15, -0.1) is 0 Å². The summed E-state index contributed by atoms with van der Waals surface area (Å²) >= 11 is 3.27. The number of hydrogen-bond acceptors (Lipinski definition) is 3. The third-order valence-electron chi connectivity index (χ3n) is 1.43. The van der Waals surface area contributed by atoms with Crippen LogP contribution in [0.5, 0.6) is 0 Å². The van der Waals surface area contributed by atoms with Crippen molar-refractivity contribution in [2.75, 3.05) is 14.2 Å². The van der Waals surface area contributed by atoms with Crippen LogP contribution in [0.3, 0.4) is 0 Å². The normalized spacial score (nSPS) is 13.0. The van der Waals surface area contributed by atoms with Gasteiger partial charge in [0.2, 0.25) is 0 Å². The molecule has 0 rings (SSSR count). The second-order valence-corrected chi connectivity index (χ2v) is 3.66. The van der Waals surface area contributed by atoms with E-state index in [1.54, 1.807) is 0 Å². The van der Waals surface area contributed by atoms with Crippen molar-refractivity contribution in [1.29, 1.82) is 0 Å². The van der Waals surface area contributed by atoms with Crippen molar-refractivity contribution in [2.24, 2.45) is 0 Å². The van der Waals surface area contributed by atoms with Gasteiger partial charge in [-0.1, -0.05) is 22.5 Å². The number of halogens is 1. The van der Waals surface area contributed by atoms with Crippen LogP contribution in [0.25, 0.3) is 0 Å². The molecule has 0 fully saturated rings. The largest absolute Gasteiger partial charge is 0.493 e. The number of hydrogen-bond donors (Lipinski definition) is 0. The maximum absolute atomic E-state index is 10.4. The highest BCUT2D eigenvalue weighted by Crippen LogP contribution is 2.21. The van der Waals surface area contributed by atoms with Crippen LogP contribution in [-0.2, 0) is 14.3 Å². The molecule has 0 N–H and O–H groups in total. The average molecular weight is 261 g/mol. The summed E-state index contributed by atoms with van der Waals surface area (Å²) in [6.07, 6.45) is 2.16. The number of aldehydes is 1. The molecule has 0 bridgehead atoms. The lowest BCUT2D eigenvalue weighted by molar-refractivity contribution is -0.104. The molecule has 0 spiro atoms. The maximum Gasteiger partial charge on any atom is 0.170 e. The van der Waals surface area contributed by atoms with E-state index in [1.165, 1.54) is 20.3 Å². The summed E-state index contributed by atoms with van der Waals surface area (Å²) in [5.41, 5.74) is 0.324. The molecule has 78 valence electrons. The molecule has 14 heavy (non-hydrogen) atoms. The van der Waals surface area contributed by atoms with Gasteiger partial charge in [0.15, 0.2) is 11.5 Å². The van der Waals surface area contributed by atoms with E-state index in [0.29, 0.717) is 23.4 Å². The first-order chi connectivity index (χ1) is 6.56. The fourth-order valence-electron chi connectivity index (χ4n) is 0.831. The Morgan fingerprint density at radius 3 is 2.21 bits per heavy atom. The van der Waals surface area contributed by atoms with Crippen molar-refractivity contribution in [3.05, 3.63) is 34.2 Å². The number of allylic oxidation sites excluding steroid dienone is 3. The van der Waals surface area contributed by atoms with E-state index < -0.39 is 0 Å². The first kappa shape index (κ1) is 13.0. The smallest absolute Gasteiger partial charge is 0.170 e. The van der Waals surface area contributed by atoms with Gasteiger partial charge < -0.3 is 9.47 Å². The Bertz CT molecular complexity index is 286. The second kappa shape index (κ2) is 6.43. The Kier molecular flexibility index (Phi) is 5.95. The topological polar surface area (TPSA) is 35.5 Å². The summed E-state index contributed by atoms with van der Waals surface area (Å²) in [7, 11) is 3.02. The number of carbonyl (C=O) groups excluding carboxylic acids is 1. The van der Waals surface area contributed by atoms with E-state index in [0.717, 1.165) is 4.48 Å². The lowest BCUT2D eigenvalue weighted by Crippen LogP contribution is -1.97. The zero-order chi connectivity index (χ0) is 11.1. The van der Waals surface area contributed by atoms with Crippen LogP contribution in [0.1, 0.15) is 6.92 Å². The molecule has 0 aromatic carbocycles. The van der Waals surface area contributed by atoms with Gasteiger partial charge >= 0.3 is 0 Å². The minimum absolute atomic E-state index is 0.324. The molecule has 0 saturated heterocycles. The quantitative estimate of drug-likeness (QED) is 0.330. The molecular weight excluding hydrogens is 248 g/mol. The Morgan fingerprint density at radius 1 is 1.36 bits per heavy atom. The Labute approximate surface area is 92.2 Å². The fourth-order valence-corrected chi connectivity index (χ4v) is 1.19. The molecule has 0 atom stereocenters. The van der Waals surface area contributed by atoms with Gasteiger partial charge in [-0.05, 0) is 13.0 Å². The van der Waals surface area contributed by atoms with Crippen molar-refractivity contribution >= 4 is 22.2 Å². The molecular formula is C10H13BrO3. The van der Waals surface area contributed by atoms with Gasteiger partial charge in [-0.2, -0.15) is 0 Å². The molecule has 0 amide bonds. The molecule has 0 aliphatic heterocycles. The highest BCUT2D eigenvalue weighted by Gasteiger charge is 2.08. The number of methoxy groups -OCH3 is 2. The van der Waals surface area contributed by atoms with Gasteiger partial charge in [-0.25, -0.2) is 0 Å². The lowest BCUT2D eigenvalue weighted by Gasteiger charge is -2.10. The van der Waals surface area contributed by atoms with Crippen molar-refractivity contribution < 1.29 is 14.3 Å². The van der Waals surface area contributed by atoms with Crippen LogP contribution in [0.2, 0.25) is 0 Å². The molecule has 0 saturated carbocycles. The van der Waals surface area contributed by atoms with Crippen molar-refractivity contribution in [3.8, 4) is 0 Å². The molecule has 0 unspecified atom stereocenters. The summed E-state index contributed by atoms with van der Waals surface area (Å²) in [4.78, 5) is 10.4. The van der Waals surface area contributed by atoms with Crippen LogP contribution >= 0.6 is 15.9 Å². The van der Waals surface area contributed by atoms with Crippen LogP contribution in [-0.4, -0.2) is 20.5 Å². The van der Waals surface area contributed by atoms with Gasteiger partial charge in [0.05, 0.1) is 14.2 Å². The first-order valence-corrected chi connectivity index (χ1v) is 4.66. The van der Waals surface area contributed by atoms with Gasteiger partial charge in [0.1, 0.15) is 6.29 Å². The highest BCUT2D eigenvalue weighted by molar-refractivity contribution is 9.11. The van der Waals surface area contributed by atoms with Gasteiger partial charge in [0, 0.05) is 10.1 Å². The number of carbonyl (C=O) groups is 1. The van der Waals surface area contributed by atoms with E-state index in [1.807, 2.05) is 6.92 Å². The third-order valence-corrected chi connectivity index (χ3v) is 1.79. The molecule has 0 aromatic rings. The van der Waals surface area contributed by atoms with E-state index in [4.69, 9.17) is 9.47 Å². The summed E-state index contributed by atoms with van der Waals surface area (Å²) < 4.78 is 10.9. The molecule has 0 heterocycles. The SMILES string of the molecule is C=C(C=O)/C=C(OC)\C(OC)=C(/C)Br. The average Bonchev–Trinajstić information content (AvgIpc) is 2.16. The predicted molar refractivity (Wildman–Crippen MR) is 58.9 cm³/mol. The summed E-state index contributed by atoms with van der Waals surface area (Å²) in [5.74, 6) is 0.995. The zero-order valence-corrected chi connectivity index (χ0v) is 10.1. The fraction of sp³-hybridized carbons (Fsp3) is 0.300. The van der Waals surface area contributed by atoms with Crippen LogP contribution in [0, 0.1) is 0 Å². The Morgan fingerprint density at radius 2 is 1.93 bits per heavy atom. The summed E-state index contributed by atoms with van der Waals surface area (Å²) in [6.45, 7) is 5.33. The highest BCUT2D eigenvalue weighted by atomic mass is 79.9. The van der Waals surface area contributed by atoms with E-state index in [9.17, 15) is 4.79 Å². The standard InChI is InChI=1S/C10H13BrO3/c1-7(6-12)5-9(13-3)10(14-4)8(2)11/h5-6H,1H2,2-4H3/b9-5+,10-8-. The molecule has 0 aromatic heterocycles. The maximum atomic E-state index is 10.4. The number of ether oxygens (including phenoxy) is 2. The predicted octanol–water partition coefficient (Wildman–Crippen LogP) is 2.54. The van der Waals surface area contributed by atoms with Crippen molar-refractivity contribution in [1.82, 2.24) is 0 Å². The zero-order valence-electron chi connectivity index (χ0n) is 8.46. The second-order valence-electron chi connectivity index (χ2n) is 2.47. The van der Waals surface area contributed by atoms with Crippen LogP contribution in [0.4, 0.5) is 0 Å². The van der Waals surface area contributed by atoms with Crippen molar-refractivity contribution in [2.45, 2.75) is 6.92 Å². The summed E-state index contributed by atoms with van der Waals surface area (Å²) in [6, 6.07) is 0. The van der Waals surface area contributed by atoms with E-state index >= 15 is 0 Å². The lowest BCUT2D eigenvalue weighted by atomic mass is 10.2. The molecule has 0 radical (unpaired) electrons. The van der Waals surface area contributed by atoms with Crippen LogP contribution < -0.4 is 0 Å². The van der Waals surface area contributed by atoms with E-state index in [2.05, 4.69) is 22.5 Å². The minimum Gasteiger partial charge on any atom is -0.493 e. The molecule has 0 aliphatic rings. The van der Waals surface area contributed by atoms with Gasteiger partial charge in [0.25, 0.3) is 0 Å². The first-order valence-electron chi connectivity index (χ1n) is 3.87. The monoisotopic (exact) mass is 260 g/mol. The Hall–Kier alpha value is -1.03. The molecule has 3 nitrogen and oxygen atoms in total. The molecule has 4 heteroatoms. The van der Waals surface area contributed by atoms with Gasteiger partial charge in [-0.3, -0.25) is 4.79 Å². The minimum atomic E-state index is 0.324. The van der Waals surface area contributed by atoms with E-state index in [-0.39, 0.29) is 0 Å². The summed E-state index contributed by atoms with van der Waals surface area (Å²) in [5, 5.41) is 0. The third kappa shape index (κ3) is 3.79. The van der Waals surface area contributed by atoms with Crippen molar-refractivity contribution in [3.63, 3.8) is 0 Å². The number of rotatable bonds is 5.